The highest BCUT2D eigenvalue weighted by Gasteiger charge is 2.45. The molecule has 25 heavy (non-hydrogen) atoms. The minimum absolute atomic E-state index is 0.00726. The molecule has 0 unspecified atom stereocenters. The third-order valence-corrected chi connectivity index (χ3v) is 4.38. The van der Waals surface area contributed by atoms with Gasteiger partial charge in [0.15, 0.2) is 0 Å². The van der Waals surface area contributed by atoms with E-state index in [9.17, 15) is 13.2 Å². The number of hydrogen-bond donors (Lipinski definition) is 1. The van der Waals surface area contributed by atoms with E-state index in [1.807, 2.05) is 0 Å². The Morgan fingerprint density at radius 2 is 1.68 bits per heavy atom. The molecule has 1 fully saturated rings. The monoisotopic (exact) mass is 345 g/mol. The van der Waals surface area contributed by atoms with Crippen LogP contribution in [0.25, 0.3) is 0 Å². The van der Waals surface area contributed by atoms with Crippen LogP contribution in [0, 0.1) is 5.82 Å². The van der Waals surface area contributed by atoms with Crippen molar-refractivity contribution < 1.29 is 13.2 Å². The summed E-state index contributed by atoms with van der Waals surface area (Å²) in [5.74, 6) is 0.155. The molecule has 4 rings (SSSR count). The summed E-state index contributed by atoms with van der Waals surface area (Å²) in [4.78, 5) is 8.49. The van der Waals surface area contributed by atoms with Gasteiger partial charge in [-0.15, -0.1) is 0 Å². The lowest BCUT2D eigenvalue weighted by atomic mass is 10.1. The van der Waals surface area contributed by atoms with E-state index in [0.717, 1.165) is 18.4 Å². The van der Waals surface area contributed by atoms with Gasteiger partial charge in [-0.1, -0.05) is 12.1 Å². The van der Waals surface area contributed by atoms with Crippen LogP contribution in [0.1, 0.15) is 30.4 Å². The quantitative estimate of drug-likeness (QED) is 0.902. The molecule has 5 nitrogen and oxygen atoms in total. The maximum Gasteiger partial charge on any atom is 0.278 e. The maximum absolute atomic E-state index is 13.1. The second-order valence-corrected chi connectivity index (χ2v) is 6.12. The first-order valence-corrected chi connectivity index (χ1v) is 7.84. The van der Waals surface area contributed by atoms with Gasteiger partial charge in [-0.2, -0.15) is 10.2 Å². The molecule has 0 bridgehead atoms. The van der Waals surface area contributed by atoms with Crippen LogP contribution in [0.5, 0.6) is 0 Å². The van der Waals surface area contributed by atoms with E-state index in [1.54, 1.807) is 24.5 Å². The predicted molar refractivity (Wildman–Crippen MR) is 87.6 cm³/mol. The second kappa shape index (κ2) is 5.94. The second-order valence-electron chi connectivity index (χ2n) is 6.12. The first-order valence-electron chi connectivity index (χ1n) is 7.84. The third kappa shape index (κ3) is 3.11. The summed E-state index contributed by atoms with van der Waals surface area (Å²) in [6.07, 6.45) is 2.29. The van der Waals surface area contributed by atoms with Crippen molar-refractivity contribution in [3.05, 3.63) is 53.6 Å². The molecule has 128 valence electrons. The van der Waals surface area contributed by atoms with Gasteiger partial charge >= 0.3 is 0 Å². The SMILES string of the molecule is Fc1ccc(C2(Nc3ncc(C4=NN=C(C(F)F)C4)cn3)CC2)cc1. The fraction of sp³-hybridized carbons (Fsp3) is 0.294. The molecule has 2 aliphatic rings. The number of nitrogens with zero attached hydrogens (tertiary/aromatic N) is 4. The summed E-state index contributed by atoms with van der Waals surface area (Å²) < 4.78 is 38.3. The number of benzene rings is 1. The molecule has 0 atom stereocenters. The van der Waals surface area contributed by atoms with Crippen molar-refractivity contribution in [1.29, 1.82) is 0 Å². The molecular weight excluding hydrogens is 331 g/mol. The van der Waals surface area contributed by atoms with Crippen molar-refractivity contribution in [2.45, 2.75) is 31.2 Å². The third-order valence-electron chi connectivity index (χ3n) is 4.38. The minimum atomic E-state index is -2.60. The van der Waals surface area contributed by atoms with Gasteiger partial charge in [0.05, 0.1) is 11.3 Å². The standard InChI is InChI=1S/C17H14F3N5/c18-12-3-1-11(2-4-12)17(5-6-17)23-16-21-8-10(9-22-16)13-7-14(15(19)20)25-24-13/h1-4,8-9,15H,5-7H2,(H,21,22,23). The lowest BCUT2D eigenvalue weighted by Gasteiger charge is -2.18. The van der Waals surface area contributed by atoms with Crippen LogP contribution in [-0.2, 0) is 5.54 Å². The van der Waals surface area contributed by atoms with Crippen molar-refractivity contribution in [2.75, 3.05) is 5.32 Å². The average Bonchev–Trinajstić information content (AvgIpc) is 3.21. The molecule has 1 aromatic carbocycles. The van der Waals surface area contributed by atoms with E-state index in [2.05, 4.69) is 25.5 Å². The summed E-state index contributed by atoms with van der Waals surface area (Å²) in [6.45, 7) is 0. The number of halogens is 3. The minimum Gasteiger partial charge on any atom is -0.345 e. The van der Waals surface area contributed by atoms with Gasteiger partial charge < -0.3 is 5.32 Å². The Labute approximate surface area is 141 Å². The van der Waals surface area contributed by atoms with Crippen molar-refractivity contribution in [2.24, 2.45) is 10.2 Å². The molecular formula is C17H14F3N5. The summed E-state index contributed by atoms with van der Waals surface area (Å²) >= 11 is 0. The Morgan fingerprint density at radius 3 is 2.24 bits per heavy atom. The molecule has 0 spiro atoms. The van der Waals surface area contributed by atoms with Crippen molar-refractivity contribution >= 4 is 17.4 Å². The van der Waals surface area contributed by atoms with Crippen molar-refractivity contribution in [3.63, 3.8) is 0 Å². The highest BCUT2D eigenvalue weighted by atomic mass is 19.3. The van der Waals surface area contributed by atoms with Gasteiger partial charge in [0.25, 0.3) is 6.43 Å². The Bertz CT molecular complexity index is 840. The topological polar surface area (TPSA) is 62.5 Å². The fourth-order valence-corrected chi connectivity index (χ4v) is 2.78. The van der Waals surface area contributed by atoms with Crippen LogP contribution < -0.4 is 5.32 Å². The van der Waals surface area contributed by atoms with Crippen molar-refractivity contribution in [3.8, 4) is 0 Å². The van der Waals surface area contributed by atoms with E-state index in [4.69, 9.17) is 0 Å². The van der Waals surface area contributed by atoms with E-state index >= 15 is 0 Å². The summed E-state index contributed by atoms with van der Waals surface area (Å²) in [5.41, 5.74) is 1.46. The molecule has 0 amide bonds. The molecule has 2 aromatic rings. The maximum atomic E-state index is 13.1. The van der Waals surface area contributed by atoms with E-state index < -0.39 is 6.43 Å². The number of rotatable bonds is 5. The lowest BCUT2D eigenvalue weighted by molar-refractivity contribution is 0.224. The van der Waals surface area contributed by atoms with Crippen molar-refractivity contribution in [1.82, 2.24) is 9.97 Å². The summed E-state index contributed by atoms with van der Waals surface area (Å²) in [5, 5.41) is 10.5. The molecule has 2 heterocycles. The van der Waals surface area contributed by atoms with Gasteiger partial charge in [-0.3, -0.25) is 0 Å². The Hall–Kier alpha value is -2.77. The highest BCUT2D eigenvalue weighted by Crippen LogP contribution is 2.47. The normalized spacial score (nSPS) is 18.1. The molecule has 1 N–H and O–H groups in total. The zero-order valence-electron chi connectivity index (χ0n) is 13.1. The Morgan fingerprint density at radius 1 is 1.00 bits per heavy atom. The zero-order chi connectivity index (χ0) is 17.4. The molecule has 0 radical (unpaired) electrons. The largest absolute Gasteiger partial charge is 0.345 e. The smallest absolute Gasteiger partial charge is 0.278 e. The van der Waals surface area contributed by atoms with Crippen LogP contribution in [-0.4, -0.2) is 27.8 Å². The van der Waals surface area contributed by atoms with Gasteiger partial charge in [0.2, 0.25) is 5.95 Å². The first kappa shape index (κ1) is 15.7. The van der Waals surface area contributed by atoms with Crippen LogP contribution in [0.3, 0.4) is 0 Å². The van der Waals surface area contributed by atoms with Gasteiger partial charge in [0.1, 0.15) is 11.5 Å². The number of nitrogens with one attached hydrogen (secondary N) is 1. The number of aromatic nitrogens is 2. The number of anilines is 1. The number of alkyl halides is 2. The van der Waals surface area contributed by atoms with Gasteiger partial charge in [0, 0.05) is 24.4 Å². The van der Waals surface area contributed by atoms with E-state index in [-0.39, 0.29) is 23.5 Å². The molecule has 1 saturated carbocycles. The van der Waals surface area contributed by atoms with Crippen LogP contribution >= 0.6 is 0 Å². The van der Waals surface area contributed by atoms with Gasteiger partial charge in [-0.25, -0.2) is 23.1 Å². The van der Waals surface area contributed by atoms with Crippen LogP contribution in [0.4, 0.5) is 19.1 Å². The summed E-state index contributed by atoms with van der Waals surface area (Å²) in [6, 6.07) is 6.36. The fourth-order valence-electron chi connectivity index (χ4n) is 2.78. The zero-order valence-corrected chi connectivity index (χ0v) is 13.1. The van der Waals surface area contributed by atoms with Crippen LogP contribution in [0.15, 0.2) is 46.9 Å². The molecule has 1 aromatic heterocycles. The number of hydrogen-bond acceptors (Lipinski definition) is 5. The first-order chi connectivity index (χ1) is 12.1. The van der Waals surface area contributed by atoms with Gasteiger partial charge in [-0.05, 0) is 30.5 Å². The highest BCUT2D eigenvalue weighted by molar-refractivity contribution is 6.15. The average molecular weight is 345 g/mol. The lowest BCUT2D eigenvalue weighted by Crippen LogP contribution is -2.20. The Kier molecular flexibility index (Phi) is 3.74. The van der Waals surface area contributed by atoms with Crippen LogP contribution in [0.2, 0.25) is 0 Å². The molecule has 8 heteroatoms. The molecule has 1 aliphatic heterocycles. The summed E-state index contributed by atoms with van der Waals surface area (Å²) in [7, 11) is 0. The Balaban J connectivity index is 1.46. The van der Waals surface area contributed by atoms with E-state index in [1.165, 1.54) is 12.1 Å². The molecule has 0 saturated heterocycles. The molecule has 1 aliphatic carbocycles. The predicted octanol–water partition coefficient (Wildman–Crippen LogP) is 3.53. The van der Waals surface area contributed by atoms with E-state index in [0.29, 0.717) is 17.2 Å².